The van der Waals surface area contributed by atoms with Crippen molar-refractivity contribution in [2.24, 2.45) is 0 Å². The monoisotopic (exact) mass is 469 g/mol. The number of hydrogen-bond donors (Lipinski definition) is 1. The molecule has 4 rings (SSSR count). The lowest BCUT2D eigenvalue weighted by Crippen LogP contribution is -2.23. The van der Waals surface area contributed by atoms with Gasteiger partial charge in [0.05, 0.1) is 17.2 Å². The highest BCUT2D eigenvalue weighted by atomic mass is 32.2. The molecule has 1 amide bonds. The number of benzene rings is 2. The molecule has 32 heavy (non-hydrogen) atoms. The standard InChI is InChI=1S/C24H23NO5S2/c1-3-12-30-19-11-10-16(13-20(19)29-4-2)18-14-22(26)25-23-21(15-31-24(18)23)32(27,28)17-8-6-5-7-9-17/h3,5-11,13,15,18H,1,4,12,14H2,2H3,(H,25,26)/t18-/m0/s1. The molecule has 0 saturated carbocycles. The highest BCUT2D eigenvalue weighted by Gasteiger charge is 2.34. The third kappa shape index (κ3) is 4.16. The van der Waals surface area contributed by atoms with E-state index < -0.39 is 9.84 Å². The molecule has 0 bridgehead atoms. The molecule has 1 aliphatic heterocycles. The Morgan fingerprint density at radius 3 is 2.66 bits per heavy atom. The Bertz CT molecular complexity index is 1250. The Kier molecular flexibility index (Phi) is 6.34. The van der Waals surface area contributed by atoms with Crippen molar-refractivity contribution in [1.82, 2.24) is 0 Å². The van der Waals surface area contributed by atoms with Crippen molar-refractivity contribution < 1.29 is 22.7 Å². The molecule has 6 nitrogen and oxygen atoms in total. The van der Waals surface area contributed by atoms with Gasteiger partial charge in [0.15, 0.2) is 11.5 Å². The smallest absolute Gasteiger partial charge is 0.225 e. The Morgan fingerprint density at radius 2 is 1.94 bits per heavy atom. The lowest BCUT2D eigenvalue weighted by molar-refractivity contribution is -0.116. The fourth-order valence-corrected chi connectivity index (χ4v) is 6.60. The highest BCUT2D eigenvalue weighted by molar-refractivity contribution is 7.91. The van der Waals surface area contributed by atoms with Gasteiger partial charge in [-0.05, 0) is 36.8 Å². The van der Waals surface area contributed by atoms with Crippen LogP contribution in [0.2, 0.25) is 0 Å². The lowest BCUT2D eigenvalue weighted by atomic mass is 9.90. The van der Waals surface area contributed by atoms with Crippen LogP contribution in [0.3, 0.4) is 0 Å². The first-order chi connectivity index (χ1) is 15.5. The van der Waals surface area contributed by atoms with Gasteiger partial charge in [0.25, 0.3) is 0 Å². The van der Waals surface area contributed by atoms with Crippen LogP contribution < -0.4 is 14.8 Å². The second-order valence-corrected chi connectivity index (χ2v) is 10.0. The summed E-state index contributed by atoms with van der Waals surface area (Å²) in [5, 5.41) is 4.40. The molecule has 0 spiro atoms. The molecule has 8 heteroatoms. The number of carbonyl (C=O) groups excluding carboxylic acids is 1. The fraction of sp³-hybridized carbons (Fsp3) is 0.208. The number of amides is 1. The molecule has 0 radical (unpaired) electrons. The zero-order chi connectivity index (χ0) is 22.7. The normalized spacial score (nSPS) is 15.5. The maximum Gasteiger partial charge on any atom is 0.225 e. The minimum absolute atomic E-state index is 0.123. The minimum Gasteiger partial charge on any atom is -0.490 e. The Hall–Kier alpha value is -3.10. The molecule has 1 aromatic heterocycles. The van der Waals surface area contributed by atoms with Crippen LogP contribution >= 0.6 is 11.3 Å². The van der Waals surface area contributed by atoms with Gasteiger partial charge >= 0.3 is 0 Å². The number of ether oxygens (including phenoxy) is 2. The number of carbonyl (C=O) groups is 1. The van der Waals surface area contributed by atoms with Crippen molar-refractivity contribution >= 4 is 32.8 Å². The molecule has 1 N–H and O–H groups in total. The highest BCUT2D eigenvalue weighted by Crippen LogP contribution is 2.47. The van der Waals surface area contributed by atoms with Gasteiger partial charge in [-0.15, -0.1) is 11.3 Å². The van der Waals surface area contributed by atoms with E-state index in [4.69, 9.17) is 9.47 Å². The molecular formula is C24H23NO5S2. The Morgan fingerprint density at radius 1 is 1.16 bits per heavy atom. The number of thiophene rings is 1. The van der Waals surface area contributed by atoms with Crippen LogP contribution in [0.4, 0.5) is 5.69 Å². The molecule has 166 valence electrons. The van der Waals surface area contributed by atoms with Crippen molar-refractivity contribution in [2.45, 2.75) is 29.1 Å². The predicted molar refractivity (Wildman–Crippen MR) is 125 cm³/mol. The van der Waals surface area contributed by atoms with E-state index in [1.54, 1.807) is 41.8 Å². The summed E-state index contributed by atoms with van der Waals surface area (Å²) in [6.07, 6.45) is 1.87. The summed E-state index contributed by atoms with van der Waals surface area (Å²) >= 11 is 1.34. The molecular weight excluding hydrogens is 446 g/mol. The molecule has 0 saturated heterocycles. The fourth-order valence-electron chi connectivity index (χ4n) is 3.68. The van der Waals surface area contributed by atoms with Gasteiger partial charge in [-0.3, -0.25) is 4.79 Å². The van der Waals surface area contributed by atoms with E-state index in [1.807, 2.05) is 25.1 Å². The van der Waals surface area contributed by atoms with Crippen LogP contribution in [0.5, 0.6) is 11.5 Å². The number of fused-ring (bicyclic) bond motifs is 1. The van der Waals surface area contributed by atoms with Gasteiger partial charge in [-0.1, -0.05) is 36.9 Å². The van der Waals surface area contributed by atoms with Crippen molar-refractivity contribution in [1.29, 1.82) is 0 Å². The number of anilines is 1. The van der Waals surface area contributed by atoms with E-state index >= 15 is 0 Å². The van der Waals surface area contributed by atoms with Gasteiger partial charge in [0.1, 0.15) is 11.5 Å². The van der Waals surface area contributed by atoms with E-state index in [0.717, 1.165) is 10.4 Å². The van der Waals surface area contributed by atoms with Gasteiger partial charge in [0.2, 0.25) is 15.7 Å². The van der Waals surface area contributed by atoms with Crippen molar-refractivity contribution in [3.63, 3.8) is 0 Å². The first-order valence-electron chi connectivity index (χ1n) is 10.2. The first-order valence-corrected chi connectivity index (χ1v) is 12.5. The third-order valence-electron chi connectivity index (χ3n) is 5.13. The molecule has 1 atom stereocenters. The molecule has 2 aromatic carbocycles. The van der Waals surface area contributed by atoms with Crippen molar-refractivity contribution in [3.05, 3.63) is 77.0 Å². The number of hydrogen-bond acceptors (Lipinski definition) is 6. The largest absolute Gasteiger partial charge is 0.490 e. The number of nitrogens with one attached hydrogen (secondary N) is 1. The second-order valence-electron chi connectivity index (χ2n) is 7.20. The molecule has 1 aliphatic rings. The summed E-state index contributed by atoms with van der Waals surface area (Å²) in [6.45, 7) is 6.36. The van der Waals surface area contributed by atoms with Crippen LogP contribution in [0.25, 0.3) is 0 Å². The maximum atomic E-state index is 13.2. The molecule has 3 aromatic rings. The van der Waals surface area contributed by atoms with Crippen LogP contribution in [0.15, 0.2) is 76.4 Å². The summed E-state index contributed by atoms with van der Waals surface area (Å²) in [7, 11) is -3.76. The van der Waals surface area contributed by atoms with E-state index in [1.165, 1.54) is 11.3 Å². The van der Waals surface area contributed by atoms with Crippen LogP contribution in [-0.4, -0.2) is 27.5 Å². The SMILES string of the molecule is C=CCOc1ccc([C@@H]2CC(=O)Nc3c(S(=O)(=O)c4ccccc4)csc32)cc1OCC. The average Bonchev–Trinajstić information content (AvgIpc) is 3.23. The van der Waals surface area contributed by atoms with E-state index in [9.17, 15) is 13.2 Å². The van der Waals surface area contributed by atoms with Gasteiger partial charge in [-0.2, -0.15) is 0 Å². The third-order valence-corrected chi connectivity index (χ3v) is 8.16. The number of rotatable bonds is 8. The minimum atomic E-state index is -3.76. The summed E-state index contributed by atoms with van der Waals surface area (Å²) < 4.78 is 37.8. The molecule has 0 aliphatic carbocycles. The van der Waals surface area contributed by atoms with Gasteiger partial charge in [0, 0.05) is 22.6 Å². The quantitative estimate of drug-likeness (QED) is 0.469. The predicted octanol–water partition coefficient (Wildman–Crippen LogP) is 5.02. The average molecular weight is 470 g/mol. The summed E-state index contributed by atoms with van der Waals surface area (Å²) in [5.74, 6) is 0.661. The Labute approximate surface area is 191 Å². The van der Waals surface area contributed by atoms with E-state index in [0.29, 0.717) is 30.4 Å². The van der Waals surface area contributed by atoms with Crippen LogP contribution in [0.1, 0.15) is 29.7 Å². The number of sulfone groups is 1. The maximum absolute atomic E-state index is 13.2. The summed E-state index contributed by atoms with van der Waals surface area (Å²) in [5.41, 5.74) is 1.23. The molecule has 2 heterocycles. The van der Waals surface area contributed by atoms with Gasteiger partial charge in [-0.25, -0.2) is 8.42 Å². The van der Waals surface area contributed by atoms with Crippen molar-refractivity contribution in [3.8, 4) is 11.5 Å². The van der Waals surface area contributed by atoms with Crippen LogP contribution in [0, 0.1) is 0 Å². The molecule has 0 fully saturated rings. The Balaban J connectivity index is 1.76. The van der Waals surface area contributed by atoms with Crippen molar-refractivity contribution in [2.75, 3.05) is 18.5 Å². The first kappa shape index (κ1) is 22.1. The lowest BCUT2D eigenvalue weighted by Gasteiger charge is -2.24. The van der Waals surface area contributed by atoms with Gasteiger partial charge < -0.3 is 14.8 Å². The topological polar surface area (TPSA) is 81.7 Å². The zero-order valence-electron chi connectivity index (χ0n) is 17.5. The van der Waals surface area contributed by atoms with E-state index in [2.05, 4.69) is 11.9 Å². The zero-order valence-corrected chi connectivity index (χ0v) is 19.2. The summed E-state index contributed by atoms with van der Waals surface area (Å²) in [6, 6.07) is 13.8. The van der Waals surface area contributed by atoms with Crippen LogP contribution in [-0.2, 0) is 14.6 Å². The summed E-state index contributed by atoms with van der Waals surface area (Å²) in [4.78, 5) is 13.7. The second kappa shape index (κ2) is 9.18. The molecule has 0 unspecified atom stereocenters. The van der Waals surface area contributed by atoms with E-state index in [-0.39, 0.29) is 28.0 Å².